The number of rotatable bonds is 1. The van der Waals surface area contributed by atoms with E-state index in [4.69, 9.17) is 0 Å². The molecule has 0 bridgehead atoms. The molecule has 3 heterocycles. The van der Waals surface area contributed by atoms with E-state index in [0.29, 0.717) is 0 Å². The Kier molecular flexibility index (Phi) is 2.58. The van der Waals surface area contributed by atoms with Crippen molar-refractivity contribution in [2.75, 3.05) is 0 Å². The average Bonchev–Trinajstić information content (AvgIpc) is 2.96. The molecule has 0 amide bonds. The van der Waals surface area contributed by atoms with Crippen molar-refractivity contribution in [3.63, 3.8) is 0 Å². The number of pyridine rings is 1. The van der Waals surface area contributed by atoms with E-state index in [9.17, 15) is 5.11 Å². The normalized spacial score (nSPS) is 21.3. The second-order valence-electron chi connectivity index (χ2n) is 4.96. The number of hydrogen-bond donors (Lipinski definition) is 2. The number of aromatic nitrogens is 3. The Hall–Kier alpha value is -1.85. The summed E-state index contributed by atoms with van der Waals surface area (Å²) in [6, 6.07) is 13.8. The van der Waals surface area contributed by atoms with Crippen LogP contribution in [-0.2, 0) is 0 Å². The fourth-order valence-electron chi connectivity index (χ4n) is 2.66. The highest BCUT2D eigenvalue weighted by Gasteiger charge is 2.35. The van der Waals surface area contributed by atoms with Gasteiger partial charge in [0, 0.05) is 5.69 Å². The first kappa shape index (κ1) is 11.9. The molecule has 0 spiro atoms. The Labute approximate surface area is 120 Å². The molecular weight excluding hydrogens is 270 g/mol. The van der Waals surface area contributed by atoms with Gasteiger partial charge in [0.2, 0.25) is 0 Å². The Morgan fingerprint density at radius 2 is 1.95 bits per heavy atom. The second-order valence-corrected chi connectivity index (χ2v) is 6.18. The predicted octanol–water partition coefficient (Wildman–Crippen LogP) is 2.81. The van der Waals surface area contributed by atoms with E-state index in [2.05, 4.69) is 9.97 Å². The summed E-state index contributed by atoms with van der Waals surface area (Å²) in [6.45, 7) is 1.97. The number of hydrogen-bond acceptors (Lipinski definition) is 3. The lowest BCUT2D eigenvalue weighted by molar-refractivity contribution is 0.104. The molecular formula is C15H14N3OS. The fraction of sp³-hybridized carbons (Fsp3) is 0.200. The third kappa shape index (κ3) is 1.67. The van der Waals surface area contributed by atoms with Gasteiger partial charge in [-0.25, -0.2) is 4.98 Å². The first-order chi connectivity index (χ1) is 9.74. The Morgan fingerprint density at radius 3 is 2.80 bits per heavy atom. The highest BCUT2D eigenvalue weighted by atomic mass is 32.2. The van der Waals surface area contributed by atoms with E-state index in [-0.39, 0.29) is 5.25 Å². The summed E-state index contributed by atoms with van der Waals surface area (Å²) < 4.78 is 1.92. The number of imidazole rings is 1. The number of para-hydroxylation sites is 2. The number of nitrogens with zero attached hydrogens (tertiary/aromatic N) is 3. The summed E-state index contributed by atoms with van der Waals surface area (Å²) >= 11 is 1.01. The minimum absolute atomic E-state index is 0.0398. The lowest BCUT2D eigenvalue weighted by Gasteiger charge is -2.16. The van der Waals surface area contributed by atoms with E-state index in [0.717, 1.165) is 39.3 Å². The fourth-order valence-corrected chi connectivity index (χ4v) is 3.97. The molecule has 101 valence electrons. The van der Waals surface area contributed by atoms with Crippen LogP contribution >= 0.6 is 11.8 Å². The minimum atomic E-state index is -0.603. The maximum atomic E-state index is 10.6. The van der Waals surface area contributed by atoms with Crippen molar-refractivity contribution >= 4 is 22.8 Å². The molecule has 1 aliphatic heterocycles. The van der Waals surface area contributed by atoms with Gasteiger partial charge in [0.15, 0.2) is 5.16 Å². The molecule has 1 radical (unpaired) electrons. The van der Waals surface area contributed by atoms with Crippen molar-refractivity contribution in [3.8, 4) is 0 Å². The maximum Gasteiger partial charge on any atom is 0.159 e. The van der Waals surface area contributed by atoms with Gasteiger partial charge in [-0.05, 0) is 31.2 Å². The van der Waals surface area contributed by atoms with Crippen LogP contribution in [0.2, 0.25) is 0 Å². The molecule has 1 aliphatic rings. The zero-order valence-corrected chi connectivity index (χ0v) is 11.8. The van der Waals surface area contributed by atoms with Crippen LogP contribution in [0.3, 0.4) is 0 Å². The van der Waals surface area contributed by atoms with Gasteiger partial charge in [-0.15, -0.1) is 11.8 Å². The van der Waals surface area contributed by atoms with Crippen LogP contribution in [0.25, 0.3) is 11.0 Å². The van der Waals surface area contributed by atoms with Gasteiger partial charge in [-0.3, -0.25) is 9.55 Å². The summed E-state index contributed by atoms with van der Waals surface area (Å²) in [6.07, 6.45) is -0.603. The van der Waals surface area contributed by atoms with Gasteiger partial charge in [0.05, 0.1) is 22.0 Å². The molecule has 2 unspecified atom stereocenters. The first-order valence-electron chi connectivity index (χ1n) is 6.53. The zero-order valence-electron chi connectivity index (χ0n) is 10.9. The molecule has 1 N–H and O–H groups in total. The van der Waals surface area contributed by atoms with E-state index in [1.165, 1.54) is 0 Å². The molecule has 4 rings (SSSR count). The Bertz CT molecular complexity index is 799. The molecule has 0 aliphatic carbocycles. The standard InChI is InChI=1S/C15H14N3OS/c1-9-5-4-7-11(16-9)13-14(19)18-12-8-3-2-6-10(12)17-15(18)20-13/h2-8,13-14,19-20H,1H3. The third-order valence-corrected chi connectivity index (χ3v) is 4.95. The monoisotopic (exact) mass is 284 g/mol. The molecule has 1 aromatic carbocycles. The van der Waals surface area contributed by atoms with Crippen molar-refractivity contribution in [1.82, 2.24) is 14.5 Å². The minimum Gasteiger partial charge on any atom is -0.372 e. The van der Waals surface area contributed by atoms with E-state index < -0.39 is 6.23 Å². The molecule has 4 nitrogen and oxygen atoms in total. The van der Waals surface area contributed by atoms with Crippen LogP contribution in [-0.4, -0.2) is 19.6 Å². The van der Waals surface area contributed by atoms with E-state index in [1.54, 1.807) is 0 Å². The van der Waals surface area contributed by atoms with Crippen molar-refractivity contribution in [1.29, 1.82) is 0 Å². The average molecular weight is 284 g/mol. The van der Waals surface area contributed by atoms with Crippen molar-refractivity contribution in [2.45, 2.75) is 23.6 Å². The number of benzene rings is 1. The second kappa shape index (κ2) is 4.33. The van der Waals surface area contributed by atoms with Crippen molar-refractivity contribution < 1.29 is 5.11 Å². The molecule has 0 saturated carbocycles. The number of fused-ring (bicyclic) bond motifs is 3. The molecule has 2 aromatic heterocycles. The lowest BCUT2D eigenvalue weighted by atomic mass is 10.2. The van der Waals surface area contributed by atoms with Gasteiger partial charge in [-0.1, -0.05) is 18.2 Å². The Balaban J connectivity index is 1.81. The number of thiol groups is 1. The Morgan fingerprint density at radius 1 is 1.10 bits per heavy atom. The third-order valence-electron chi connectivity index (χ3n) is 3.59. The van der Waals surface area contributed by atoms with Crippen LogP contribution in [0.1, 0.15) is 22.9 Å². The number of aliphatic hydroxyl groups excluding tert-OH is 1. The van der Waals surface area contributed by atoms with E-state index >= 15 is 0 Å². The largest absolute Gasteiger partial charge is 0.372 e. The van der Waals surface area contributed by atoms with E-state index in [1.807, 2.05) is 54.0 Å². The van der Waals surface area contributed by atoms with Crippen LogP contribution < -0.4 is 0 Å². The molecule has 5 heteroatoms. The zero-order chi connectivity index (χ0) is 13.7. The van der Waals surface area contributed by atoms with Gasteiger partial charge in [0.25, 0.3) is 0 Å². The molecule has 2 atom stereocenters. The number of aryl methyl sites for hydroxylation is 1. The summed E-state index contributed by atoms with van der Waals surface area (Å²) in [4.78, 5) is 9.14. The van der Waals surface area contributed by atoms with Gasteiger partial charge < -0.3 is 5.11 Å². The summed E-state index contributed by atoms with van der Waals surface area (Å²) in [5.74, 6) is 0. The number of aliphatic hydroxyl groups is 1. The molecule has 0 saturated heterocycles. The molecule has 3 aromatic rings. The van der Waals surface area contributed by atoms with Crippen LogP contribution in [0.5, 0.6) is 0 Å². The smallest absolute Gasteiger partial charge is 0.159 e. The summed E-state index contributed by atoms with van der Waals surface area (Å²) in [7, 11) is 0. The SMILES string of the molecule is Cc1cccc(C2[SH]c3nc4ccccc4n3C2O)n1. The predicted molar refractivity (Wildman–Crippen MR) is 80.0 cm³/mol. The molecule has 0 fully saturated rings. The first-order valence-corrected chi connectivity index (χ1v) is 7.50. The summed E-state index contributed by atoms with van der Waals surface area (Å²) in [5, 5.41) is 11.5. The lowest BCUT2D eigenvalue weighted by Crippen LogP contribution is -2.10. The van der Waals surface area contributed by atoms with Crippen LogP contribution in [0.4, 0.5) is 0 Å². The molecule has 20 heavy (non-hydrogen) atoms. The highest BCUT2D eigenvalue weighted by Crippen LogP contribution is 2.49. The summed E-state index contributed by atoms with van der Waals surface area (Å²) in [5.41, 5.74) is 3.82. The topological polar surface area (TPSA) is 50.9 Å². The van der Waals surface area contributed by atoms with Crippen LogP contribution in [0, 0.1) is 6.92 Å². The van der Waals surface area contributed by atoms with Gasteiger partial charge >= 0.3 is 0 Å². The van der Waals surface area contributed by atoms with Crippen LogP contribution in [0.15, 0.2) is 47.6 Å². The highest BCUT2D eigenvalue weighted by molar-refractivity contribution is 7.99. The van der Waals surface area contributed by atoms with Gasteiger partial charge in [-0.2, -0.15) is 0 Å². The maximum absolute atomic E-state index is 10.6. The van der Waals surface area contributed by atoms with Crippen molar-refractivity contribution in [3.05, 3.63) is 53.9 Å². The van der Waals surface area contributed by atoms with Crippen molar-refractivity contribution in [2.24, 2.45) is 0 Å². The van der Waals surface area contributed by atoms with Gasteiger partial charge in [0.1, 0.15) is 6.23 Å². The quantitative estimate of drug-likeness (QED) is 0.676.